The van der Waals surface area contributed by atoms with Crippen LogP contribution < -0.4 is 9.47 Å². The highest BCUT2D eigenvalue weighted by atomic mass is 32.2. The number of hydrogen-bond acceptors (Lipinski definition) is 7. The molecule has 0 spiro atoms. The van der Waals surface area contributed by atoms with E-state index in [1.165, 1.54) is 11.4 Å². The minimum Gasteiger partial charge on any atom is -0.497 e. The molecule has 0 aromatic heterocycles. The summed E-state index contributed by atoms with van der Waals surface area (Å²) >= 11 is 0. The van der Waals surface area contributed by atoms with Crippen molar-refractivity contribution in [3.05, 3.63) is 59.7 Å². The van der Waals surface area contributed by atoms with E-state index in [2.05, 4.69) is 0 Å². The molecule has 3 rings (SSSR count). The van der Waals surface area contributed by atoms with Crippen molar-refractivity contribution in [3.8, 4) is 11.5 Å². The largest absolute Gasteiger partial charge is 0.497 e. The molecular weight excluding hydrogens is 446 g/mol. The Bertz CT molecular complexity index is 951. The maximum atomic E-state index is 13.8. The lowest BCUT2D eigenvalue weighted by molar-refractivity contribution is -0.140. The molecule has 0 amide bonds. The van der Waals surface area contributed by atoms with E-state index in [1.807, 2.05) is 24.3 Å². The van der Waals surface area contributed by atoms with Crippen LogP contribution in [-0.2, 0) is 37.4 Å². The van der Waals surface area contributed by atoms with Gasteiger partial charge in [-0.1, -0.05) is 24.3 Å². The number of nitrogens with zero attached hydrogens (tertiary/aromatic N) is 1. The van der Waals surface area contributed by atoms with Crippen LogP contribution in [0.2, 0.25) is 0 Å². The zero-order valence-corrected chi connectivity index (χ0v) is 20.0. The van der Waals surface area contributed by atoms with E-state index in [9.17, 15) is 13.2 Å². The lowest BCUT2D eigenvalue weighted by atomic mass is 10.1. The van der Waals surface area contributed by atoms with Gasteiger partial charge >= 0.3 is 5.97 Å². The smallest absolute Gasteiger partial charge is 0.325 e. The van der Waals surface area contributed by atoms with Gasteiger partial charge in [-0.15, -0.1) is 0 Å². The van der Waals surface area contributed by atoms with Crippen molar-refractivity contribution in [2.45, 2.75) is 43.7 Å². The van der Waals surface area contributed by atoms with Crippen LogP contribution in [-0.4, -0.2) is 58.0 Å². The molecule has 0 bridgehead atoms. The summed E-state index contributed by atoms with van der Waals surface area (Å²) in [7, 11) is 0.274. The maximum Gasteiger partial charge on any atom is 0.325 e. The van der Waals surface area contributed by atoms with E-state index in [0.29, 0.717) is 18.1 Å². The second-order valence-corrected chi connectivity index (χ2v) is 10.0. The van der Waals surface area contributed by atoms with E-state index < -0.39 is 21.2 Å². The monoisotopic (exact) mass is 477 g/mol. The summed E-state index contributed by atoms with van der Waals surface area (Å²) in [5.74, 6) is 0.572. The van der Waals surface area contributed by atoms with E-state index in [1.54, 1.807) is 38.5 Å². The minimum absolute atomic E-state index is 0.0662. The molecule has 1 heterocycles. The highest BCUT2D eigenvalue weighted by molar-refractivity contribution is 7.90. The molecule has 33 heavy (non-hydrogen) atoms. The predicted molar refractivity (Wildman–Crippen MR) is 124 cm³/mol. The van der Waals surface area contributed by atoms with Crippen LogP contribution in [0.3, 0.4) is 0 Å². The normalized spacial score (nSPS) is 17.0. The van der Waals surface area contributed by atoms with Gasteiger partial charge in [0.15, 0.2) is 5.25 Å². The molecule has 2 aromatic rings. The van der Waals surface area contributed by atoms with Crippen LogP contribution >= 0.6 is 0 Å². The predicted octanol–water partition coefficient (Wildman–Crippen LogP) is 3.15. The molecule has 1 unspecified atom stereocenters. The molecule has 0 aliphatic carbocycles. The summed E-state index contributed by atoms with van der Waals surface area (Å²) in [6, 6.07) is 14.3. The number of carbonyl (C=O) groups is 1. The number of methoxy groups -OCH3 is 3. The third-order valence-corrected chi connectivity index (χ3v) is 7.80. The molecule has 8 nitrogen and oxygen atoms in total. The topological polar surface area (TPSA) is 91.4 Å². The Balaban J connectivity index is 1.92. The maximum absolute atomic E-state index is 13.8. The number of carbonyl (C=O) groups excluding carboxylic acids is 1. The van der Waals surface area contributed by atoms with Gasteiger partial charge in [0.2, 0.25) is 10.0 Å². The van der Waals surface area contributed by atoms with Gasteiger partial charge in [0, 0.05) is 26.1 Å². The van der Waals surface area contributed by atoms with Crippen molar-refractivity contribution >= 4 is 16.0 Å². The van der Waals surface area contributed by atoms with Gasteiger partial charge in [0.1, 0.15) is 11.5 Å². The first-order chi connectivity index (χ1) is 15.9. The van der Waals surface area contributed by atoms with Crippen LogP contribution in [0.4, 0.5) is 0 Å². The van der Waals surface area contributed by atoms with Gasteiger partial charge in [0.05, 0.1) is 27.4 Å². The van der Waals surface area contributed by atoms with Gasteiger partial charge in [-0.2, -0.15) is 4.31 Å². The van der Waals surface area contributed by atoms with Crippen LogP contribution in [0, 0.1) is 0 Å². The fourth-order valence-corrected chi connectivity index (χ4v) is 5.64. The number of hydrogen-bond donors (Lipinski definition) is 0. The summed E-state index contributed by atoms with van der Waals surface area (Å²) in [4.78, 5) is 12.6. The Hall–Kier alpha value is -2.62. The third kappa shape index (κ3) is 6.46. The molecule has 0 N–H and O–H groups in total. The molecule has 9 heteroatoms. The third-order valence-electron chi connectivity index (χ3n) is 5.72. The summed E-state index contributed by atoms with van der Waals surface area (Å²) in [6.45, 7) is 0.759. The molecule has 2 aromatic carbocycles. The Morgan fingerprint density at radius 1 is 0.970 bits per heavy atom. The van der Waals surface area contributed by atoms with Gasteiger partial charge in [-0.3, -0.25) is 4.79 Å². The summed E-state index contributed by atoms with van der Waals surface area (Å²) in [5.41, 5.74) is 1.54. The van der Waals surface area contributed by atoms with Crippen molar-refractivity contribution in [2.24, 2.45) is 0 Å². The highest BCUT2D eigenvalue weighted by Gasteiger charge is 2.41. The van der Waals surface area contributed by atoms with Crippen molar-refractivity contribution in [1.82, 2.24) is 4.31 Å². The number of ether oxygens (including phenoxy) is 4. The second-order valence-electron chi connectivity index (χ2n) is 7.89. The number of sulfonamides is 1. The van der Waals surface area contributed by atoms with E-state index in [-0.39, 0.29) is 25.6 Å². The average Bonchev–Trinajstić information content (AvgIpc) is 3.36. The first-order valence-corrected chi connectivity index (χ1v) is 12.3. The van der Waals surface area contributed by atoms with Crippen molar-refractivity contribution in [1.29, 1.82) is 0 Å². The lowest BCUT2D eigenvalue weighted by Gasteiger charge is -2.28. The lowest BCUT2D eigenvalue weighted by Crippen LogP contribution is -2.44. The molecule has 0 radical (unpaired) electrons. The molecule has 0 saturated carbocycles. The van der Waals surface area contributed by atoms with E-state index >= 15 is 0 Å². The van der Waals surface area contributed by atoms with Crippen LogP contribution in [0.1, 0.15) is 30.4 Å². The SMILES string of the molecule is COC(=O)C(C[C@H]1CCCO1)S(=O)(=O)N(Cc1ccc(OC)cc1)Cc1ccc(OC)cc1. The summed E-state index contributed by atoms with van der Waals surface area (Å²) in [5, 5.41) is -1.35. The van der Waals surface area contributed by atoms with Gasteiger partial charge in [-0.25, -0.2) is 8.42 Å². The molecule has 1 fully saturated rings. The Morgan fingerprint density at radius 2 is 1.48 bits per heavy atom. The van der Waals surface area contributed by atoms with Gasteiger partial charge in [-0.05, 0) is 48.2 Å². The molecule has 1 aliphatic rings. The molecule has 1 aliphatic heterocycles. The van der Waals surface area contributed by atoms with Crippen LogP contribution in [0.15, 0.2) is 48.5 Å². The van der Waals surface area contributed by atoms with Crippen molar-refractivity contribution < 1.29 is 32.2 Å². The molecule has 1 saturated heterocycles. The molecular formula is C24H31NO7S. The summed E-state index contributed by atoms with van der Waals surface area (Å²) in [6.07, 6.45) is 1.35. The standard InChI is InChI=1S/C24H31NO7S/c1-29-20-10-6-18(7-11-20)16-25(17-19-8-12-21(30-2)13-9-19)33(27,28)23(24(26)31-3)15-22-5-4-14-32-22/h6-13,22-23H,4-5,14-17H2,1-3H3/t22-,23?/m1/s1. The van der Waals surface area contributed by atoms with Gasteiger partial charge < -0.3 is 18.9 Å². The Labute approximate surface area is 195 Å². The van der Waals surface area contributed by atoms with E-state index in [4.69, 9.17) is 18.9 Å². The fraction of sp³-hybridized carbons (Fsp3) is 0.458. The Morgan fingerprint density at radius 3 is 1.88 bits per heavy atom. The van der Waals surface area contributed by atoms with Crippen molar-refractivity contribution in [3.63, 3.8) is 0 Å². The number of benzene rings is 2. The van der Waals surface area contributed by atoms with Crippen molar-refractivity contribution in [2.75, 3.05) is 27.9 Å². The number of esters is 1. The zero-order valence-electron chi connectivity index (χ0n) is 19.2. The quantitative estimate of drug-likeness (QED) is 0.459. The first kappa shape index (κ1) is 25.0. The Kier molecular flexibility index (Phi) is 8.71. The van der Waals surface area contributed by atoms with Gasteiger partial charge in [0.25, 0.3) is 0 Å². The zero-order chi connectivity index (χ0) is 23.8. The van der Waals surface area contributed by atoms with Crippen LogP contribution in [0.5, 0.6) is 11.5 Å². The molecule has 2 atom stereocenters. The minimum atomic E-state index is -4.07. The van der Waals surface area contributed by atoms with Crippen LogP contribution in [0.25, 0.3) is 0 Å². The summed E-state index contributed by atoms with van der Waals surface area (Å²) < 4.78 is 49.8. The van der Waals surface area contributed by atoms with E-state index in [0.717, 1.165) is 24.0 Å². The second kappa shape index (κ2) is 11.5. The highest BCUT2D eigenvalue weighted by Crippen LogP contribution is 2.26. The fourth-order valence-electron chi connectivity index (χ4n) is 3.82. The average molecular weight is 478 g/mol. The number of rotatable bonds is 11. The first-order valence-electron chi connectivity index (χ1n) is 10.8. The molecule has 180 valence electrons.